The van der Waals surface area contributed by atoms with E-state index < -0.39 is 6.04 Å². The molecule has 1 heterocycles. The lowest BCUT2D eigenvalue weighted by Gasteiger charge is -2.35. The molecule has 1 N–H and O–H groups in total. The van der Waals surface area contributed by atoms with Crippen LogP contribution in [0.15, 0.2) is 24.3 Å². The maximum absolute atomic E-state index is 12.9. The molecular weight excluding hydrogens is 318 g/mol. The summed E-state index contributed by atoms with van der Waals surface area (Å²) in [6, 6.07) is 6.55. The highest BCUT2D eigenvalue weighted by Crippen LogP contribution is 2.18. The fourth-order valence-electron chi connectivity index (χ4n) is 3.01. The van der Waals surface area contributed by atoms with Gasteiger partial charge in [-0.3, -0.25) is 9.59 Å². The highest BCUT2D eigenvalue weighted by molar-refractivity contribution is 5.99. The molecule has 0 radical (unpaired) electrons. The van der Waals surface area contributed by atoms with Gasteiger partial charge in [0.25, 0.3) is 5.91 Å². The molecule has 1 aromatic carbocycles. The molecule has 0 bridgehead atoms. The number of carbonyl (C=O) groups excluding carboxylic acids is 2. The van der Waals surface area contributed by atoms with Gasteiger partial charge in [-0.1, -0.05) is 26.0 Å². The lowest BCUT2D eigenvalue weighted by atomic mass is 10.0. The van der Waals surface area contributed by atoms with Gasteiger partial charge < -0.3 is 19.9 Å². The van der Waals surface area contributed by atoms with Crippen molar-refractivity contribution in [3.8, 4) is 5.75 Å². The summed E-state index contributed by atoms with van der Waals surface area (Å²) in [6.07, 6.45) is 0.617. The first kappa shape index (κ1) is 19.2. The van der Waals surface area contributed by atoms with E-state index in [-0.39, 0.29) is 11.8 Å². The second-order valence-electron chi connectivity index (χ2n) is 6.98. The van der Waals surface area contributed by atoms with Gasteiger partial charge in [0.1, 0.15) is 11.8 Å². The number of nitrogens with zero attached hydrogens (tertiary/aromatic N) is 2. The Balaban J connectivity index is 2.11. The number of amides is 2. The second kappa shape index (κ2) is 8.85. The van der Waals surface area contributed by atoms with Crippen LogP contribution < -0.4 is 10.1 Å². The summed E-state index contributed by atoms with van der Waals surface area (Å²) in [4.78, 5) is 29.7. The Morgan fingerprint density at radius 3 is 2.40 bits per heavy atom. The minimum atomic E-state index is -0.513. The van der Waals surface area contributed by atoms with E-state index in [2.05, 4.69) is 31.1 Å². The van der Waals surface area contributed by atoms with E-state index in [1.807, 2.05) is 11.0 Å². The van der Waals surface area contributed by atoms with Crippen molar-refractivity contribution in [1.82, 2.24) is 15.1 Å². The smallest absolute Gasteiger partial charge is 0.255 e. The Bertz CT molecular complexity index is 595. The van der Waals surface area contributed by atoms with E-state index in [0.717, 1.165) is 13.1 Å². The highest BCUT2D eigenvalue weighted by atomic mass is 16.5. The van der Waals surface area contributed by atoms with Gasteiger partial charge in [0.05, 0.1) is 12.7 Å². The number of methoxy groups -OCH3 is 1. The lowest BCUT2D eigenvalue weighted by molar-refractivity contribution is -0.135. The first-order chi connectivity index (χ1) is 11.9. The molecule has 2 amide bonds. The molecule has 6 heteroatoms. The van der Waals surface area contributed by atoms with Crippen LogP contribution >= 0.6 is 0 Å². The molecule has 0 saturated carbocycles. The quantitative estimate of drug-likeness (QED) is 0.849. The molecule has 1 aliphatic rings. The van der Waals surface area contributed by atoms with E-state index in [4.69, 9.17) is 4.74 Å². The minimum absolute atomic E-state index is 0.00467. The van der Waals surface area contributed by atoms with Crippen molar-refractivity contribution < 1.29 is 14.3 Å². The van der Waals surface area contributed by atoms with Gasteiger partial charge in [0, 0.05) is 26.2 Å². The fourth-order valence-corrected chi connectivity index (χ4v) is 3.01. The largest absolute Gasteiger partial charge is 0.496 e. The second-order valence-corrected chi connectivity index (χ2v) is 6.98. The third kappa shape index (κ3) is 5.19. The van der Waals surface area contributed by atoms with Crippen LogP contribution in [0.2, 0.25) is 0 Å². The number of nitrogens with one attached hydrogen (secondary N) is 1. The predicted octanol–water partition coefficient (Wildman–Crippen LogP) is 1.61. The van der Waals surface area contributed by atoms with Crippen molar-refractivity contribution in [1.29, 1.82) is 0 Å². The van der Waals surface area contributed by atoms with Crippen LogP contribution in [0, 0.1) is 5.92 Å². The third-order valence-corrected chi connectivity index (χ3v) is 4.48. The molecule has 25 heavy (non-hydrogen) atoms. The summed E-state index contributed by atoms with van der Waals surface area (Å²) in [6.45, 7) is 7.24. The van der Waals surface area contributed by atoms with Crippen molar-refractivity contribution in [2.45, 2.75) is 26.3 Å². The molecule has 2 rings (SSSR count). The normalized spacial score (nSPS) is 16.6. The number of rotatable bonds is 6. The number of hydrogen-bond acceptors (Lipinski definition) is 4. The monoisotopic (exact) mass is 347 g/mol. The van der Waals surface area contributed by atoms with Crippen LogP contribution in [-0.2, 0) is 4.79 Å². The Morgan fingerprint density at radius 1 is 1.16 bits per heavy atom. The number of carbonyl (C=O) groups is 2. The molecule has 1 atom stereocenters. The Hall–Kier alpha value is -2.08. The number of benzene rings is 1. The Morgan fingerprint density at radius 2 is 1.80 bits per heavy atom. The molecule has 1 fully saturated rings. The predicted molar refractivity (Wildman–Crippen MR) is 97.8 cm³/mol. The van der Waals surface area contributed by atoms with Crippen LogP contribution in [0.25, 0.3) is 0 Å². The average molecular weight is 347 g/mol. The van der Waals surface area contributed by atoms with E-state index in [0.29, 0.717) is 36.7 Å². The summed E-state index contributed by atoms with van der Waals surface area (Å²) in [5.41, 5.74) is 0.449. The van der Waals surface area contributed by atoms with Gasteiger partial charge in [-0.2, -0.15) is 0 Å². The zero-order valence-corrected chi connectivity index (χ0v) is 15.6. The third-order valence-electron chi connectivity index (χ3n) is 4.48. The molecule has 138 valence electrons. The molecule has 6 nitrogen and oxygen atoms in total. The van der Waals surface area contributed by atoms with Crippen molar-refractivity contribution >= 4 is 11.8 Å². The van der Waals surface area contributed by atoms with E-state index in [1.54, 1.807) is 18.2 Å². The molecule has 0 aliphatic carbocycles. The van der Waals surface area contributed by atoms with Crippen molar-refractivity contribution in [2.24, 2.45) is 5.92 Å². The average Bonchev–Trinajstić information content (AvgIpc) is 2.60. The highest BCUT2D eigenvalue weighted by Gasteiger charge is 2.29. The Labute approximate surface area is 150 Å². The van der Waals surface area contributed by atoms with Gasteiger partial charge >= 0.3 is 0 Å². The van der Waals surface area contributed by atoms with Crippen LogP contribution in [0.1, 0.15) is 30.6 Å². The van der Waals surface area contributed by atoms with E-state index >= 15 is 0 Å². The van der Waals surface area contributed by atoms with Crippen LogP contribution in [0.5, 0.6) is 5.75 Å². The van der Waals surface area contributed by atoms with E-state index in [1.165, 1.54) is 7.11 Å². The minimum Gasteiger partial charge on any atom is -0.496 e. The van der Waals surface area contributed by atoms with Gasteiger partial charge in [-0.25, -0.2) is 0 Å². The zero-order valence-electron chi connectivity index (χ0n) is 15.6. The summed E-state index contributed by atoms with van der Waals surface area (Å²) in [5, 5.41) is 2.92. The number of piperazine rings is 1. The molecule has 1 saturated heterocycles. The van der Waals surface area contributed by atoms with Crippen LogP contribution in [-0.4, -0.2) is 68.0 Å². The number of hydrogen-bond donors (Lipinski definition) is 1. The van der Waals surface area contributed by atoms with Gasteiger partial charge in [0.2, 0.25) is 5.91 Å². The summed E-state index contributed by atoms with van der Waals surface area (Å²) >= 11 is 0. The van der Waals surface area contributed by atoms with Gasteiger partial charge in [-0.05, 0) is 31.5 Å². The SMILES string of the molecule is COc1ccccc1C(=O)N[C@H](CC(C)C)C(=O)N1CCN(C)CC1. The van der Waals surface area contributed by atoms with Crippen LogP contribution in [0.4, 0.5) is 0 Å². The fraction of sp³-hybridized carbons (Fsp3) is 0.579. The molecule has 0 unspecified atom stereocenters. The topological polar surface area (TPSA) is 61.9 Å². The summed E-state index contributed by atoms with van der Waals surface area (Å²) in [5.74, 6) is 0.547. The van der Waals surface area contributed by atoms with E-state index in [9.17, 15) is 9.59 Å². The molecule has 0 aromatic heterocycles. The number of likely N-dealkylation sites (N-methyl/N-ethyl adjacent to an activating group) is 1. The molecular formula is C19H29N3O3. The van der Waals surface area contributed by atoms with Crippen molar-refractivity contribution in [3.63, 3.8) is 0 Å². The molecule has 1 aromatic rings. The maximum Gasteiger partial charge on any atom is 0.255 e. The Kier molecular flexibility index (Phi) is 6.82. The van der Waals surface area contributed by atoms with Crippen molar-refractivity contribution in [3.05, 3.63) is 29.8 Å². The molecule has 0 spiro atoms. The number of para-hydroxylation sites is 1. The van der Waals surface area contributed by atoms with Gasteiger partial charge in [-0.15, -0.1) is 0 Å². The van der Waals surface area contributed by atoms with Crippen molar-refractivity contribution in [2.75, 3.05) is 40.3 Å². The number of ether oxygens (including phenoxy) is 1. The summed E-state index contributed by atoms with van der Waals surface area (Å²) in [7, 11) is 3.59. The standard InChI is InChI=1S/C19H29N3O3/c1-14(2)13-16(19(24)22-11-9-21(3)10-12-22)20-18(23)15-7-5-6-8-17(15)25-4/h5-8,14,16H,9-13H2,1-4H3,(H,20,23)/t16-/m1/s1. The summed E-state index contributed by atoms with van der Waals surface area (Å²) < 4.78 is 5.26. The first-order valence-corrected chi connectivity index (χ1v) is 8.83. The van der Waals surface area contributed by atoms with Gasteiger partial charge in [0.15, 0.2) is 0 Å². The lowest BCUT2D eigenvalue weighted by Crippen LogP contribution is -2.54. The maximum atomic E-state index is 12.9. The zero-order chi connectivity index (χ0) is 18.4. The van der Waals surface area contributed by atoms with Crippen LogP contribution in [0.3, 0.4) is 0 Å². The molecule has 1 aliphatic heterocycles. The first-order valence-electron chi connectivity index (χ1n) is 8.83.